The number of phenolic OH excluding ortho intramolecular Hbond substituents is 1. The number of aromatic nitrogens is 2. The van der Waals surface area contributed by atoms with Crippen molar-refractivity contribution in [1.82, 2.24) is 15.1 Å². The standard InChI is InChI=1S/C26H31N3O5/c1-3-4-7-15-34-20-12-11-17(16-21(20)33-2)25-22-23(18-9-5-6-10-19(18)31)27-28-24(22)26(32)29(25)13-8-14-30/h5-6,9-12,16,25,30-31H,3-4,7-8,13-15H2,1-2H3,(H,27,28)/t25-/m1/s1. The summed E-state index contributed by atoms with van der Waals surface area (Å²) >= 11 is 0. The summed E-state index contributed by atoms with van der Waals surface area (Å²) < 4.78 is 11.6. The third-order valence-corrected chi connectivity index (χ3v) is 6.09. The number of methoxy groups -OCH3 is 1. The van der Waals surface area contributed by atoms with Gasteiger partial charge >= 0.3 is 0 Å². The predicted octanol–water partition coefficient (Wildman–Crippen LogP) is 4.29. The van der Waals surface area contributed by atoms with Crippen LogP contribution in [0.5, 0.6) is 17.2 Å². The van der Waals surface area contributed by atoms with E-state index in [2.05, 4.69) is 17.1 Å². The summed E-state index contributed by atoms with van der Waals surface area (Å²) in [5.74, 6) is 1.14. The molecule has 1 amide bonds. The number of para-hydroxylation sites is 1. The van der Waals surface area contributed by atoms with Crippen molar-refractivity contribution in [3.63, 3.8) is 0 Å². The molecule has 0 saturated carbocycles. The van der Waals surface area contributed by atoms with Crippen LogP contribution in [-0.2, 0) is 0 Å². The zero-order chi connectivity index (χ0) is 24.1. The van der Waals surface area contributed by atoms with Gasteiger partial charge in [-0.3, -0.25) is 9.89 Å². The largest absolute Gasteiger partial charge is 0.507 e. The molecule has 2 heterocycles. The number of hydrogen-bond acceptors (Lipinski definition) is 6. The number of nitrogens with zero attached hydrogens (tertiary/aromatic N) is 2. The fourth-order valence-electron chi connectivity index (χ4n) is 4.40. The molecule has 180 valence electrons. The monoisotopic (exact) mass is 465 g/mol. The van der Waals surface area contributed by atoms with Crippen molar-refractivity contribution in [1.29, 1.82) is 0 Å². The van der Waals surface area contributed by atoms with Gasteiger partial charge in [0.25, 0.3) is 5.91 Å². The molecule has 0 radical (unpaired) electrons. The molecule has 4 rings (SSSR count). The summed E-state index contributed by atoms with van der Waals surface area (Å²) in [7, 11) is 1.60. The Labute approximate surface area is 199 Å². The Hall–Kier alpha value is -3.52. The average molecular weight is 466 g/mol. The first-order valence-corrected chi connectivity index (χ1v) is 11.7. The van der Waals surface area contributed by atoms with E-state index in [-0.39, 0.29) is 18.3 Å². The molecular formula is C26H31N3O5. The highest BCUT2D eigenvalue weighted by Crippen LogP contribution is 2.45. The Morgan fingerprint density at radius 3 is 2.68 bits per heavy atom. The number of H-pyrrole nitrogens is 1. The molecule has 1 aliphatic rings. The summed E-state index contributed by atoms with van der Waals surface area (Å²) in [4.78, 5) is 15.0. The molecule has 3 aromatic rings. The number of aromatic hydroxyl groups is 1. The van der Waals surface area contributed by atoms with E-state index in [1.165, 1.54) is 0 Å². The number of amides is 1. The van der Waals surface area contributed by atoms with Gasteiger partial charge in [-0.15, -0.1) is 0 Å². The lowest BCUT2D eigenvalue weighted by Crippen LogP contribution is -2.31. The second-order valence-corrected chi connectivity index (χ2v) is 8.32. The molecule has 1 atom stereocenters. The number of ether oxygens (including phenoxy) is 2. The number of aliphatic hydroxyl groups is 1. The molecule has 8 heteroatoms. The number of rotatable bonds is 11. The van der Waals surface area contributed by atoms with Crippen LogP contribution < -0.4 is 9.47 Å². The highest BCUT2D eigenvalue weighted by molar-refractivity contribution is 6.00. The van der Waals surface area contributed by atoms with E-state index in [0.29, 0.717) is 53.6 Å². The van der Waals surface area contributed by atoms with Gasteiger partial charge in [0.2, 0.25) is 0 Å². The molecule has 34 heavy (non-hydrogen) atoms. The minimum atomic E-state index is -0.453. The number of aromatic amines is 1. The van der Waals surface area contributed by atoms with E-state index in [0.717, 1.165) is 24.8 Å². The number of hydrogen-bond donors (Lipinski definition) is 3. The lowest BCUT2D eigenvalue weighted by molar-refractivity contribution is 0.0732. The van der Waals surface area contributed by atoms with Gasteiger partial charge in [0, 0.05) is 24.3 Å². The number of aliphatic hydroxyl groups excluding tert-OH is 1. The van der Waals surface area contributed by atoms with Crippen LogP contribution in [0.4, 0.5) is 0 Å². The van der Waals surface area contributed by atoms with Crippen LogP contribution in [0.3, 0.4) is 0 Å². The van der Waals surface area contributed by atoms with Gasteiger partial charge in [0.05, 0.1) is 19.8 Å². The molecule has 8 nitrogen and oxygen atoms in total. The Bertz CT molecular complexity index is 1140. The van der Waals surface area contributed by atoms with Gasteiger partial charge in [-0.25, -0.2) is 0 Å². The van der Waals surface area contributed by atoms with Crippen molar-refractivity contribution in [3.8, 4) is 28.5 Å². The SMILES string of the molecule is CCCCCOc1ccc([C@@H]2c3c(-c4ccccc4O)n[nH]c3C(=O)N2CCCO)cc1OC. The number of unbranched alkanes of at least 4 members (excludes halogenated alkanes) is 2. The van der Waals surface area contributed by atoms with E-state index < -0.39 is 6.04 Å². The summed E-state index contributed by atoms with van der Waals surface area (Å²) in [5, 5.41) is 27.1. The molecule has 1 aliphatic heterocycles. The first-order chi connectivity index (χ1) is 16.6. The van der Waals surface area contributed by atoms with Crippen LogP contribution in [0, 0.1) is 0 Å². The van der Waals surface area contributed by atoms with Gasteiger partial charge < -0.3 is 24.6 Å². The van der Waals surface area contributed by atoms with Crippen molar-refractivity contribution in [2.75, 3.05) is 26.9 Å². The Balaban J connectivity index is 1.76. The molecule has 1 aromatic heterocycles. The second-order valence-electron chi connectivity index (χ2n) is 8.32. The quantitative estimate of drug-likeness (QED) is 0.365. The molecule has 0 unspecified atom stereocenters. The molecule has 0 bridgehead atoms. The average Bonchev–Trinajstić information content (AvgIpc) is 3.39. The maximum atomic E-state index is 13.3. The summed E-state index contributed by atoms with van der Waals surface area (Å²) in [5.41, 5.74) is 2.99. The molecule has 2 aromatic carbocycles. The minimum absolute atomic E-state index is 0.0249. The number of nitrogens with one attached hydrogen (secondary N) is 1. The highest BCUT2D eigenvalue weighted by Gasteiger charge is 2.42. The fraction of sp³-hybridized carbons (Fsp3) is 0.385. The Kier molecular flexibility index (Phi) is 7.37. The molecule has 0 spiro atoms. The number of carbonyl (C=O) groups is 1. The maximum absolute atomic E-state index is 13.3. The Morgan fingerprint density at radius 2 is 1.94 bits per heavy atom. The second kappa shape index (κ2) is 10.6. The van der Waals surface area contributed by atoms with Gasteiger partial charge in [-0.05, 0) is 42.7 Å². The van der Waals surface area contributed by atoms with E-state index >= 15 is 0 Å². The predicted molar refractivity (Wildman–Crippen MR) is 128 cm³/mol. The number of carbonyl (C=O) groups excluding carboxylic acids is 1. The van der Waals surface area contributed by atoms with Gasteiger partial charge in [-0.2, -0.15) is 5.10 Å². The van der Waals surface area contributed by atoms with Crippen LogP contribution >= 0.6 is 0 Å². The van der Waals surface area contributed by atoms with Crippen molar-refractivity contribution in [2.24, 2.45) is 0 Å². The molecule has 3 N–H and O–H groups in total. The fourth-order valence-corrected chi connectivity index (χ4v) is 4.40. The lowest BCUT2D eigenvalue weighted by Gasteiger charge is -2.27. The van der Waals surface area contributed by atoms with Crippen LogP contribution in [0.2, 0.25) is 0 Å². The first kappa shape index (κ1) is 23.6. The van der Waals surface area contributed by atoms with E-state index in [9.17, 15) is 15.0 Å². The lowest BCUT2D eigenvalue weighted by atomic mass is 9.95. The van der Waals surface area contributed by atoms with Crippen molar-refractivity contribution < 1.29 is 24.5 Å². The summed E-state index contributed by atoms with van der Waals surface area (Å²) in [6, 6.07) is 12.2. The zero-order valence-electron chi connectivity index (χ0n) is 19.6. The maximum Gasteiger partial charge on any atom is 0.273 e. The van der Waals surface area contributed by atoms with Crippen molar-refractivity contribution >= 4 is 5.91 Å². The van der Waals surface area contributed by atoms with Crippen LogP contribution in [0.25, 0.3) is 11.3 Å². The van der Waals surface area contributed by atoms with Gasteiger partial charge in [0.15, 0.2) is 11.5 Å². The molecular weight excluding hydrogens is 434 g/mol. The van der Waals surface area contributed by atoms with Crippen LogP contribution in [0.1, 0.15) is 60.3 Å². The molecule has 0 aliphatic carbocycles. The topological polar surface area (TPSA) is 108 Å². The third-order valence-electron chi connectivity index (χ3n) is 6.09. The van der Waals surface area contributed by atoms with Gasteiger partial charge in [0.1, 0.15) is 17.1 Å². The highest BCUT2D eigenvalue weighted by atomic mass is 16.5. The first-order valence-electron chi connectivity index (χ1n) is 11.7. The smallest absolute Gasteiger partial charge is 0.273 e. The molecule has 0 fully saturated rings. The van der Waals surface area contributed by atoms with Crippen molar-refractivity contribution in [3.05, 3.63) is 59.3 Å². The number of benzene rings is 2. The number of fused-ring (bicyclic) bond motifs is 1. The van der Waals surface area contributed by atoms with E-state index in [1.807, 2.05) is 24.3 Å². The van der Waals surface area contributed by atoms with E-state index in [4.69, 9.17) is 9.47 Å². The van der Waals surface area contributed by atoms with Gasteiger partial charge in [-0.1, -0.05) is 38.0 Å². The van der Waals surface area contributed by atoms with E-state index in [1.54, 1.807) is 30.2 Å². The summed E-state index contributed by atoms with van der Waals surface area (Å²) in [6.07, 6.45) is 3.63. The summed E-state index contributed by atoms with van der Waals surface area (Å²) in [6.45, 7) is 3.11. The van der Waals surface area contributed by atoms with Crippen LogP contribution in [-0.4, -0.2) is 58.1 Å². The minimum Gasteiger partial charge on any atom is -0.507 e. The zero-order valence-corrected chi connectivity index (χ0v) is 19.6. The Morgan fingerprint density at radius 1 is 1.12 bits per heavy atom. The van der Waals surface area contributed by atoms with Crippen molar-refractivity contribution in [2.45, 2.75) is 38.6 Å². The molecule has 0 saturated heterocycles. The van der Waals surface area contributed by atoms with Crippen LogP contribution in [0.15, 0.2) is 42.5 Å². The normalized spacial score (nSPS) is 15.0. The third kappa shape index (κ3) is 4.46. The number of phenols is 1.